The van der Waals surface area contributed by atoms with E-state index in [9.17, 15) is 26.7 Å². The average Bonchev–Trinajstić information content (AvgIpc) is 3.14. The molecule has 0 spiro atoms. The van der Waals surface area contributed by atoms with Crippen molar-refractivity contribution in [3.05, 3.63) is 80.5 Å². The van der Waals surface area contributed by atoms with Crippen LogP contribution in [0.3, 0.4) is 0 Å². The first-order valence-electron chi connectivity index (χ1n) is 10.2. The van der Waals surface area contributed by atoms with Gasteiger partial charge in [-0.15, -0.1) is 11.3 Å². The van der Waals surface area contributed by atoms with Crippen molar-refractivity contribution in [2.75, 3.05) is 10.8 Å². The number of hydrogen-bond acceptors (Lipinski definition) is 4. The first-order valence-corrected chi connectivity index (χ1v) is 13.2. The molecular weight excluding hydrogens is 542 g/mol. The second-order valence-electron chi connectivity index (χ2n) is 7.99. The molecule has 0 amide bonds. The lowest BCUT2D eigenvalue weighted by Crippen LogP contribution is -2.41. The quantitative estimate of drug-likeness (QED) is 0.340. The molecule has 35 heavy (non-hydrogen) atoms. The van der Waals surface area contributed by atoms with Gasteiger partial charge in [-0.1, -0.05) is 73.3 Å². The van der Waals surface area contributed by atoms with Gasteiger partial charge in [-0.3, -0.25) is 4.31 Å². The Morgan fingerprint density at radius 1 is 1.06 bits per heavy atom. The van der Waals surface area contributed by atoms with Crippen LogP contribution in [0, 0.1) is 17.8 Å². The summed E-state index contributed by atoms with van der Waals surface area (Å²) in [6, 6.07) is 13.6. The summed E-state index contributed by atoms with van der Waals surface area (Å²) in [5.41, 5.74) is -3.61. The third-order valence-corrected chi connectivity index (χ3v) is 8.42. The highest BCUT2D eigenvalue weighted by Gasteiger charge is 2.54. The normalized spacial score (nSPS) is 13.7. The second kappa shape index (κ2) is 10.4. The zero-order valence-electron chi connectivity index (χ0n) is 18.5. The molecule has 0 bridgehead atoms. The van der Waals surface area contributed by atoms with E-state index in [1.807, 2.05) is 5.92 Å². The number of benzene rings is 2. The van der Waals surface area contributed by atoms with E-state index >= 15 is 0 Å². The van der Waals surface area contributed by atoms with Crippen LogP contribution in [-0.4, -0.2) is 26.2 Å². The van der Waals surface area contributed by atoms with Crippen LogP contribution in [0.1, 0.15) is 25.0 Å². The number of halogens is 5. The molecule has 4 nitrogen and oxygen atoms in total. The number of nitrogens with zero attached hydrogens (tertiary/aromatic N) is 1. The molecule has 1 unspecified atom stereocenters. The molecule has 3 rings (SSSR count). The summed E-state index contributed by atoms with van der Waals surface area (Å²) >= 11 is 12.9. The molecule has 11 heteroatoms. The highest BCUT2D eigenvalue weighted by atomic mass is 35.5. The molecule has 0 aliphatic rings. The van der Waals surface area contributed by atoms with E-state index in [4.69, 9.17) is 23.2 Å². The van der Waals surface area contributed by atoms with E-state index in [0.29, 0.717) is 5.56 Å². The first-order chi connectivity index (χ1) is 16.3. The first kappa shape index (κ1) is 27.4. The van der Waals surface area contributed by atoms with Crippen LogP contribution < -0.4 is 4.31 Å². The molecule has 0 saturated carbocycles. The van der Waals surface area contributed by atoms with Gasteiger partial charge in [0.25, 0.3) is 10.0 Å². The molecule has 0 aliphatic heterocycles. The van der Waals surface area contributed by atoms with Crippen molar-refractivity contribution in [2.45, 2.75) is 30.5 Å². The zero-order valence-corrected chi connectivity index (χ0v) is 21.6. The smallest absolute Gasteiger partial charge is 0.366 e. The van der Waals surface area contributed by atoms with Crippen molar-refractivity contribution >= 4 is 50.2 Å². The molecule has 1 heterocycles. The Balaban J connectivity index is 2.06. The van der Waals surface area contributed by atoms with Crippen LogP contribution in [-0.2, 0) is 15.6 Å². The summed E-state index contributed by atoms with van der Waals surface area (Å²) in [6.45, 7) is 3.62. The third-order valence-electron chi connectivity index (χ3n) is 4.87. The summed E-state index contributed by atoms with van der Waals surface area (Å²) in [5.74, 6) is 4.17. The number of aliphatic hydroxyl groups is 1. The minimum Gasteiger partial charge on any atom is -0.366 e. The Hall–Kier alpha value is -2.22. The molecule has 186 valence electrons. The van der Waals surface area contributed by atoms with E-state index in [-0.39, 0.29) is 31.7 Å². The Kier molecular flexibility index (Phi) is 8.14. The third kappa shape index (κ3) is 5.96. The van der Waals surface area contributed by atoms with E-state index < -0.39 is 27.4 Å². The fourth-order valence-electron chi connectivity index (χ4n) is 3.15. The number of thiophene rings is 1. The van der Waals surface area contributed by atoms with Crippen molar-refractivity contribution in [1.82, 2.24) is 0 Å². The highest BCUT2D eigenvalue weighted by Crippen LogP contribution is 2.41. The van der Waals surface area contributed by atoms with Gasteiger partial charge in [0.1, 0.15) is 9.23 Å². The molecular formula is C24H20Cl2F3NO3S2. The predicted molar refractivity (Wildman–Crippen MR) is 133 cm³/mol. The molecule has 1 N–H and O–H groups in total. The van der Waals surface area contributed by atoms with Crippen LogP contribution in [0.2, 0.25) is 8.67 Å². The largest absolute Gasteiger partial charge is 0.433 e. The number of alkyl halides is 3. The monoisotopic (exact) mass is 561 g/mol. The molecule has 0 saturated heterocycles. The summed E-state index contributed by atoms with van der Waals surface area (Å²) < 4.78 is 69.6. The lowest BCUT2D eigenvalue weighted by atomic mass is 9.93. The summed E-state index contributed by atoms with van der Waals surface area (Å²) in [4.78, 5) is -0.195. The lowest BCUT2D eigenvalue weighted by molar-refractivity contribution is -0.240. The van der Waals surface area contributed by atoms with Gasteiger partial charge in [0.15, 0.2) is 0 Å². The fourth-order valence-corrected chi connectivity index (χ4v) is 6.90. The minimum atomic E-state index is -5.11. The molecule has 0 fully saturated rings. The molecule has 1 atom stereocenters. The van der Waals surface area contributed by atoms with Crippen molar-refractivity contribution in [3.63, 3.8) is 0 Å². The topological polar surface area (TPSA) is 57.6 Å². The molecule has 3 aromatic rings. The van der Waals surface area contributed by atoms with E-state index in [1.54, 1.807) is 32.0 Å². The van der Waals surface area contributed by atoms with Gasteiger partial charge >= 0.3 is 6.18 Å². The number of hydrogen-bond donors (Lipinski definition) is 1. The Morgan fingerprint density at radius 3 is 2.14 bits per heavy atom. The summed E-state index contributed by atoms with van der Waals surface area (Å²) in [6.07, 6.45) is -5.11. The maximum Gasteiger partial charge on any atom is 0.433 e. The maximum atomic E-state index is 13.9. The Bertz CT molecular complexity index is 1350. The highest BCUT2D eigenvalue weighted by molar-refractivity contribution is 7.93. The molecule has 2 aromatic carbocycles. The van der Waals surface area contributed by atoms with Crippen molar-refractivity contribution in [3.8, 4) is 11.8 Å². The van der Waals surface area contributed by atoms with Gasteiger partial charge in [-0.25, -0.2) is 8.42 Å². The van der Waals surface area contributed by atoms with E-state index in [1.165, 1.54) is 30.3 Å². The van der Waals surface area contributed by atoms with Crippen LogP contribution in [0.25, 0.3) is 0 Å². The lowest BCUT2D eigenvalue weighted by Gasteiger charge is -2.28. The number of rotatable bonds is 6. The fraction of sp³-hybridized carbons (Fsp3) is 0.250. The Labute approximate surface area is 216 Å². The molecule has 0 aliphatic carbocycles. The van der Waals surface area contributed by atoms with Gasteiger partial charge < -0.3 is 5.11 Å². The predicted octanol–water partition coefficient (Wildman–Crippen LogP) is 6.71. The summed E-state index contributed by atoms with van der Waals surface area (Å²) in [5, 5.41) is 10.6. The van der Waals surface area contributed by atoms with Crippen molar-refractivity contribution in [1.29, 1.82) is 0 Å². The van der Waals surface area contributed by atoms with E-state index in [0.717, 1.165) is 27.8 Å². The molecule has 1 aromatic heterocycles. The summed E-state index contributed by atoms with van der Waals surface area (Å²) in [7, 11) is -4.17. The van der Waals surface area contributed by atoms with Crippen LogP contribution in [0.15, 0.2) is 65.6 Å². The Morgan fingerprint density at radius 2 is 1.66 bits per heavy atom. The standard InChI is InChI=1S/C24H20Cl2F3NO3S2/c1-16(2)15-30(35(32,33)20-14-21(25)34-22(20)26)19-10-8-18(9-11-19)23(31,24(27,28)29)13-12-17-6-4-3-5-7-17/h3-11,14,16,31H,15H2,1-2H3. The second-order valence-corrected chi connectivity index (χ2v) is 12.1. The van der Waals surface area contributed by atoms with Crippen molar-refractivity contribution < 1.29 is 26.7 Å². The number of anilines is 1. The van der Waals surface area contributed by atoms with Crippen LogP contribution in [0.4, 0.5) is 18.9 Å². The minimum absolute atomic E-state index is 0.0250. The van der Waals surface area contributed by atoms with Crippen molar-refractivity contribution in [2.24, 2.45) is 5.92 Å². The zero-order chi connectivity index (χ0) is 26.0. The van der Waals surface area contributed by atoms with Gasteiger partial charge in [-0.2, -0.15) is 13.2 Å². The average molecular weight is 562 g/mol. The van der Waals surface area contributed by atoms with Gasteiger partial charge in [0, 0.05) is 17.7 Å². The van der Waals surface area contributed by atoms with Gasteiger partial charge in [0.05, 0.1) is 10.0 Å². The van der Waals surface area contributed by atoms with E-state index in [2.05, 4.69) is 5.92 Å². The molecule has 0 radical (unpaired) electrons. The maximum absolute atomic E-state index is 13.9. The van der Waals surface area contributed by atoms with Gasteiger partial charge in [-0.05, 0) is 42.2 Å². The van der Waals surface area contributed by atoms with Crippen LogP contribution in [0.5, 0.6) is 0 Å². The SMILES string of the molecule is CC(C)CN(c1ccc(C(O)(C#Cc2ccccc2)C(F)(F)F)cc1)S(=O)(=O)c1cc(Cl)sc1Cl. The van der Waals surface area contributed by atoms with Gasteiger partial charge in [0.2, 0.25) is 5.60 Å². The van der Waals surface area contributed by atoms with Crippen LogP contribution >= 0.6 is 34.5 Å². The number of sulfonamides is 1.